The van der Waals surface area contributed by atoms with Gasteiger partial charge in [-0.05, 0) is 36.8 Å². The summed E-state index contributed by atoms with van der Waals surface area (Å²) in [4.78, 5) is 16.7. The van der Waals surface area contributed by atoms with Crippen LogP contribution in [0, 0.1) is 6.92 Å². The van der Waals surface area contributed by atoms with Gasteiger partial charge >= 0.3 is 0 Å². The molecular weight excluding hydrogens is 330 g/mol. The van der Waals surface area contributed by atoms with Gasteiger partial charge in [0, 0.05) is 30.7 Å². The molecule has 0 fully saturated rings. The topological polar surface area (TPSA) is 39.8 Å². The molecule has 0 atom stereocenters. The van der Waals surface area contributed by atoms with Crippen LogP contribution < -0.4 is 0 Å². The van der Waals surface area contributed by atoms with Gasteiger partial charge in [0.2, 0.25) is 0 Å². The minimum absolute atomic E-state index is 0.0832. The zero-order chi connectivity index (χ0) is 16.4. The van der Waals surface area contributed by atoms with E-state index in [1.54, 1.807) is 6.20 Å². The number of hydrogen-bond acceptors (Lipinski definition) is 3. The number of imidazole rings is 1. The first-order chi connectivity index (χ1) is 11.1. The summed E-state index contributed by atoms with van der Waals surface area (Å²) in [6.45, 7) is 1.97. The lowest BCUT2D eigenvalue weighted by Crippen LogP contribution is -2.08. The second kappa shape index (κ2) is 6.64. The molecule has 1 aromatic carbocycles. The molecule has 6 heteroatoms. The smallest absolute Gasteiger partial charge is 0.189 e. The summed E-state index contributed by atoms with van der Waals surface area (Å²) in [7, 11) is 1.87. The fourth-order valence-corrected chi connectivity index (χ4v) is 3.40. The van der Waals surface area contributed by atoms with Gasteiger partial charge in [0.05, 0.1) is 17.1 Å². The zero-order valence-electron chi connectivity index (χ0n) is 12.9. The third-order valence-corrected chi connectivity index (χ3v) is 5.04. The van der Waals surface area contributed by atoms with Crippen molar-refractivity contribution in [2.75, 3.05) is 5.75 Å². The van der Waals surface area contributed by atoms with Crippen molar-refractivity contribution in [1.82, 2.24) is 14.1 Å². The van der Waals surface area contributed by atoms with Crippen LogP contribution in [0.2, 0.25) is 5.02 Å². The lowest BCUT2D eigenvalue weighted by atomic mass is 10.2. The fourth-order valence-electron chi connectivity index (χ4n) is 2.39. The van der Waals surface area contributed by atoms with Crippen molar-refractivity contribution in [3.63, 3.8) is 0 Å². The lowest BCUT2D eigenvalue weighted by molar-refractivity contribution is 0.101. The van der Waals surface area contributed by atoms with E-state index < -0.39 is 0 Å². The SMILES string of the molecule is Cc1c(Cl)cccc1-n1ccnc1SCC(=O)c1cccn1C. The van der Waals surface area contributed by atoms with Crippen molar-refractivity contribution in [2.24, 2.45) is 7.05 Å². The van der Waals surface area contributed by atoms with Gasteiger partial charge in [-0.3, -0.25) is 9.36 Å². The molecule has 0 N–H and O–H groups in total. The molecule has 2 aromatic heterocycles. The largest absolute Gasteiger partial charge is 0.348 e. The molecule has 0 aliphatic rings. The van der Waals surface area contributed by atoms with E-state index in [2.05, 4.69) is 4.98 Å². The number of benzene rings is 1. The van der Waals surface area contributed by atoms with E-state index in [0.29, 0.717) is 16.5 Å². The Labute approximate surface area is 144 Å². The van der Waals surface area contributed by atoms with Crippen LogP contribution in [-0.4, -0.2) is 25.7 Å². The Morgan fingerprint density at radius 3 is 2.83 bits per heavy atom. The average molecular weight is 346 g/mol. The molecule has 3 aromatic rings. The van der Waals surface area contributed by atoms with Crippen molar-refractivity contribution >= 4 is 29.1 Å². The highest BCUT2D eigenvalue weighted by atomic mass is 35.5. The predicted octanol–water partition coefficient (Wildman–Crippen LogP) is 4.15. The van der Waals surface area contributed by atoms with Crippen LogP contribution in [0.1, 0.15) is 16.1 Å². The van der Waals surface area contributed by atoms with Crippen LogP contribution in [-0.2, 0) is 7.05 Å². The molecule has 4 nitrogen and oxygen atoms in total. The Morgan fingerprint density at radius 1 is 1.26 bits per heavy atom. The number of ketones is 1. The number of nitrogens with zero attached hydrogens (tertiary/aromatic N) is 3. The molecule has 2 heterocycles. The van der Waals surface area contributed by atoms with E-state index in [1.807, 2.05) is 65.8 Å². The molecule has 0 unspecified atom stereocenters. The fraction of sp³-hybridized carbons (Fsp3) is 0.176. The number of halogens is 1. The molecule has 0 bridgehead atoms. The van der Waals surface area contributed by atoms with Gasteiger partial charge < -0.3 is 4.57 Å². The van der Waals surface area contributed by atoms with E-state index >= 15 is 0 Å². The number of aromatic nitrogens is 3. The molecule has 0 saturated heterocycles. The monoisotopic (exact) mass is 345 g/mol. The quantitative estimate of drug-likeness (QED) is 0.515. The number of Topliss-reactive ketones (excluding diaryl/α,β-unsaturated/α-hetero) is 1. The summed E-state index contributed by atoms with van der Waals surface area (Å²) < 4.78 is 3.79. The first-order valence-electron chi connectivity index (χ1n) is 7.14. The maximum Gasteiger partial charge on any atom is 0.189 e. The van der Waals surface area contributed by atoms with Crippen LogP contribution in [0.4, 0.5) is 0 Å². The molecule has 0 aliphatic carbocycles. The predicted molar refractivity (Wildman–Crippen MR) is 93.8 cm³/mol. The molecule has 23 heavy (non-hydrogen) atoms. The minimum atomic E-state index is 0.0832. The number of carbonyl (C=O) groups is 1. The van der Waals surface area contributed by atoms with Gasteiger partial charge in [-0.15, -0.1) is 0 Å². The number of rotatable bonds is 5. The van der Waals surface area contributed by atoms with Crippen molar-refractivity contribution in [1.29, 1.82) is 0 Å². The molecule has 0 amide bonds. The standard InChI is InChI=1S/C17H16ClN3OS/c1-12-13(18)5-3-6-14(12)21-10-8-19-17(21)23-11-16(22)15-7-4-9-20(15)2/h3-10H,11H2,1-2H3. The van der Waals surface area contributed by atoms with E-state index in [0.717, 1.165) is 16.4 Å². The van der Waals surface area contributed by atoms with E-state index in [9.17, 15) is 4.79 Å². The van der Waals surface area contributed by atoms with Gasteiger partial charge in [-0.25, -0.2) is 4.98 Å². The summed E-state index contributed by atoms with van der Waals surface area (Å²) in [6.07, 6.45) is 5.48. The second-order valence-electron chi connectivity index (χ2n) is 5.18. The van der Waals surface area contributed by atoms with Gasteiger partial charge in [0.25, 0.3) is 0 Å². The van der Waals surface area contributed by atoms with Crippen LogP contribution in [0.25, 0.3) is 5.69 Å². The Balaban J connectivity index is 1.81. The van der Waals surface area contributed by atoms with Crippen LogP contribution in [0.5, 0.6) is 0 Å². The highest BCUT2D eigenvalue weighted by Crippen LogP contribution is 2.26. The molecule has 118 valence electrons. The summed E-state index contributed by atoms with van der Waals surface area (Å²) in [5.74, 6) is 0.425. The van der Waals surface area contributed by atoms with Gasteiger partial charge in [0.15, 0.2) is 10.9 Å². The Kier molecular flexibility index (Phi) is 4.59. The average Bonchev–Trinajstić information content (AvgIpc) is 3.16. The van der Waals surface area contributed by atoms with E-state index in [-0.39, 0.29) is 5.78 Å². The third kappa shape index (κ3) is 3.21. The van der Waals surface area contributed by atoms with Crippen LogP contribution in [0.15, 0.2) is 54.1 Å². The maximum absolute atomic E-state index is 12.3. The van der Waals surface area contributed by atoms with Crippen molar-refractivity contribution in [2.45, 2.75) is 12.1 Å². The third-order valence-electron chi connectivity index (χ3n) is 3.67. The summed E-state index contributed by atoms with van der Waals surface area (Å²) in [5.41, 5.74) is 2.67. The maximum atomic E-state index is 12.3. The second-order valence-corrected chi connectivity index (χ2v) is 6.53. The minimum Gasteiger partial charge on any atom is -0.348 e. The highest BCUT2D eigenvalue weighted by molar-refractivity contribution is 7.99. The van der Waals surface area contributed by atoms with E-state index in [4.69, 9.17) is 11.6 Å². The molecule has 0 spiro atoms. The first-order valence-corrected chi connectivity index (χ1v) is 8.50. The number of hydrogen-bond donors (Lipinski definition) is 0. The number of carbonyl (C=O) groups excluding carboxylic acids is 1. The highest BCUT2D eigenvalue weighted by Gasteiger charge is 2.14. The number of aryl methyl sites for hydroxylation is 1. The Hall–Kier alpha value is -1.98. The first kappa shape index (κ1) is 15.9. The summed E-state index contributed by atoms with van der Waals surface area (Å²) in [5, 5.41) is 1.49. The molecule has 0 aliphatic heterocycles. The van der Waals surface area contributed by atoms with E-state index in [1.165, 1.54) is 11.8 Å². The lowest BCUT2D eigenvalue weighted by Gasteiger charge is -2.11. The zero-order valence-corrected chi connectivity index (χ0v) is 14.4. The number of thioether (sulfide) groups is 1. The molecule has 3 rings (SSSR count). The van der Waals surface area contributed by atoms with Crippen molar-refractivity contribution < 1.29 is 4.79 Å². The van der Waals surface area contributed by atoms with Crippen LogP contribution >= 0.6 is 23.4 Å². The van der Waals surface area contributed by atoms with Gasteiger partial charge in [0.1, 0.15) is 0 Å². The Morgan fingerprint density at radius 2 is 2.09 bits per heavy atom. The molecule has 0 saturated carbocycles. The normalized spacial score (nSPS) is 10.9. The van der Waals surface area contributed by atoms with Crippen molar-refractivity contribution in [3.8, 4) is 5.69 Å². The van der Waals surface area contributed by atoms with Crippen LogP contribution in [0.3, 0.4) is 0 Å². The van der Waals surface area contributed by atoms with Crippen molar-refractivity contribution in [3.05, 3.63) is 65.2 Å². The Bertz CT molecular complexity index is 853. The summed E-state index contributed by atoms with van der Waals surface area (Å²) >= 11 is 7.62. The molecule has 0 radical (unpaired) electrons. The van der Waals surface area contributed by atoms with Gasteiger partial charge in [-0.1, -0.05) is 29.4 Å². The van der Waals surface area contributed by atoms with Gasteiger partial charge in [-0.2, -0.15) is 0 Å². The molecular formula is C17H16ClN3OS. The summed E-state index contributed by atoms with van der Waals surface area (Å²) in [6, 6.07) is 9.47.